The second-order valence-electron chi connectivity index (χ2n) is 6.91. The summed E-state index contributed by atoms with van der Waals surface area (Å²) in [5.74, 6) is -0.924. The molecule has 144 valence electrons. The van der Waals surface area contributed by atoms with Crippen molar-refractivity contribution in [3.8, 4) is 0 Å². The quantitative estimate of drug-likeness (QED) is 0.555. The van der Waals surface area contributed by atoms with E-state index < -0.39 is 11.6 Å². The van der Waals surface area contributed by atoms with E-state index in [0.717, 1.165) is 56.5 Å². The molecule has 0 radical (unpaired) electrons. The van der Waals surface area contributed by atoms with Crippen molar-refractivity contribution in [2.24, 2.45) is 4.99 Å². The van der Waals surface area contributed by atoms with Crippen LogP contribution in [0.15, 0.2) is 23.3 Å². The van der Waals surface area contributed by atoms with Crippen molar-refractivity contribution in [1.29, 1.82) is 0 Å². The standard InChI is InChI=1S/C19H29N3O4/c1-19(2,18(23)24)26-13-7-5-3-4-6-12-25-15-8-9-16(20-14-15)17-10-11-21-22-17/h9-11,14-15H,3-8,12-13H2,1-2H3,(H,21,22)(H,23,24). The lowest BCUT2D eigenvalue weighted by molar-refractivity contribution is -0.161. The number of aliphatic imine (C=N–C) groups is 1. The molecule has 0 spiro atoms. The number of hydrogen-bond acceptors (Lipinski definition) is 5. The fourth-order valence-electron chi connectivity index (χ4n) is 2.55. The predicted molar refractivity (Wildman–Crippen MR) is 100 cm³/mol. The van der Waals surface area contributed by atoms with Crippen LogP contribution in [-0.2, 0) is 14.3 Å². The maximum Gasteiger partial charge on any atom is 0.335 e. The van der Waals surface area contributed by atoms with Gasteiger partial charge in [0.15, 0.2) is 5.60 Å². The number of hydrogen-bond donors (Lipinski definition) is 2. The lowest BCUT2D eigenvalue weighted by Crippen LogP contribution is -2.35. The Bertz CT molecular complexity index is 608. The molecule has 2 rings (SSSR count). The Morgan fingerprint density at radius 2 is 2.00 bits per heavy atom. The highest BCUT2D eigenvalue weighted by Gasteiger charge is 2.27. The van der Waals surface area contributed by atoms with Gasteiger partial charge in [-0.3, -0.25) is 10.1 Å². The van der Waals surface area contributed by atoms with Gasteiger partial charge in [-0.1, -0.05) is 25.3 Å². The van der Waals surface area contributed by atoms with Gasteiger partial charge in [0, 0.05) is 25.6 Å². The van der Waals surface area contributed by atoms with Crippen LogP contribution in [0.4, 0.5) is 0 Å². The van der Waals surface area contributed by atoms with Gasteiger partial charge in [0.05, 0.1) is 17.5 Å². The molecule has 2 heterocycles. The Morgan fingerprint density at radius 3 is 2.62 bits per heavy atom. The largest absolute Gasteiger partial charge is 0.479 e. The van der Waals surface area contributed by atoms with Crippen molar-refractivity contribution in [3.05, 3.63) is 24.0 Å². The average Bonchev–Trinajstić information content (AvgIpc) is 3.15. The molecule has 1 aliphatic heterocycles. The van der Waals surface area contributed by atoms with Crippen LogP contribution in [0.25, 0.3) is 5.70 Å². The highest BCUT2D eigenvalue weighted by atomic mass is 16.5. The minimum atomic E-state index is -1.10. The SMILES string of the molecule is CC(C)(OCCCCCCCOC1C=NC(c2ccn[nH]2)=CC1)C(=O)O. The third kappa shape index (κ3) is 6.72. The van der Waals surface area contributed by atoms with Crippen molar-refractivity contribution >= 4 is 17.9 Å². The summed E-state index contributed by atoms with van der Waals surface area (Å²) in [4.78, 5) is 15.3. The molecule has 0 aliphatic carbocycles. The molecule has 0 bridgehead atoms. The third-order valence-corrected chi connectivity index (χ3v) is 4.30. The molecular weight excluding hydrogens is 334 g/mol. The van der Waals surface area contributed by atoms with Gasteiger partial charge in [-0.2, -0.15) is 5.10 Å². The number of carboxylic acids is 1. The fourth-order valence-corrected chi connectivity index (χ4v) is 2.55. The molecule has 1 aromatic heterocycles. The predicted octanol–water partition coefficient (Wildman–Crippen LogP) is 3.44. The van der Waals surface area contributed by atoms with Crippen molar-refractivity contribution in [2.45, 2.75) is 64.1 Å². The van der Waals surface area contributed by atoms with Gasteiger partial charge in [-0.25, -0.2) is 4.79 Å². The maximum absolute atomic E-state index is 10.9. The second-order valence-corrected chi connectivity index (χ2v) is 6.91. The molecule has 1 unspecified atom stereocenters. The number of carboxylic acid groups (broad SMARTS) is 1. The first kappa shape index (κ1) is 20.3. The summed E-state index contributed by atoms with van der Waals surface area (Å²) in [7, 11) is 0. The number of nitrogens with one attached hydrogen (secondary N) is 1. The first-order chi connectivity index (χ1) is 12.5. The topological polar surface area (TPSA) is 96.8 Å². The minimum absolute atomic E-state index is 0.0494. The molecule has 0 saturated heterocycles. The first-order valence-corrected chi connectivity index (χ1v) is 9.22. The smallest absolute Gasteiger partial charge is 0.335 e. The molecule has 1 aromatic rings. The summed E-state index contributed by atoms with van der Waals surface area (Å²) in [6.07, 6.45) is 11.7. The zero-order chi connectivity index (χ0) is 18.8. The van der Waals surface area contributed by atoms with Gasteiger partial charge in [0.25, 0.3) is 0 Å². The number of aromatic nitrogens is 2. The van der Waals surface area contributed by atoms with Crippen LogP contribution < -0.4 is 0 Å². The number of nitrogens with zero attached hydrogens (tertiary/aromatic N) is 2. The van der Waals surface area contributed by atoms with E-state index in [-0.39, 0.29) is 6.10 Å². The van der Waals surface area contributed by atoms with Crippen LogP contribution in [0, 0.1) is 0 Å². The van der Waals surface area contributed by atoms with Crippen molar-refractivity contribution in [2.75, 3.05) is 13.2 Å². The Kier molecular flexibility index (Phi) is 8.00. The van der Waals surface area contributed by atoms with Crippen LogP contribution in [0.3, 0.4) is 0 Å². The van der Waals surface area contributed by atoms with Gasteiger partial charge in [0.1, 0.15) is 0 Å². The summed E-state index contributed by atoms with van der Waals surface area (Å²) >= 11 is 0. The molecule has 0 fully saturated rings. The first-order valence-electron chi connectivity index (χ1n) is 9.22. The van der Waals surface area contributed by atoms with E-state index in [1.807, 2.05) is 12.3 Å². The summed E-state index contributed by atoms with van der Waals surface area (Å²) in [5, 5.41) is 15.8. The summed E-state index contributed by atoms with van der Waals surface area (Å²) in [6, 6.07) is 1.90. The van der Waals surface area contributed by atoms with Gasteiger partial charge >= 0.3 is 5.97 Å². The molecule has 26 heavy (non-hydrogen) atoms. The molecule has 2 N–H and O–H groups in total. The Balaban J connectivity index is 1.46. The van der Waals surface area contributed by atoms with Crippen LogP contribution in [-0.4, -0.2) is 52.4 Å². The average molecular weight is 363 g/mol. The minimum Gasteiger partial charge on any atom is -0.479 e. The maximum atomic E-state index is 10.9. The van der Waals surface area contributed by atoms with E-state index in [0.29, 0.717) is 6.61 Å². The normalized spacial score (nSPS) is 17.3. The van der Waals surface area contributed by atoms with E-state index in [1.54, 1.807) is 20.0 Å². The number of carbonyl (C=O) groups is 1. The van der Waals surface area contributed by atoms with Gasteiger partial charge < -0.3 is 14.6 Å². The highest BCUT2D eigenvalue weighted by Crippen LogP contribution is 2.18. The molecule has 7 heteroatoms. The molecular formula is C19H29N3O4. The van der Waals surface area contributed by atoms with Gasteiger partial charge in [-0.05, 0) is 39.2 Å². The Morgan fingerprint density at radius 1 is 1.27 bits per heavy atom. The zero-order valence-electron chi connectivity index (χ0n) is 15.6. The number of rotatable bonds is 12. The molecule has 0 aromatic carbocycles. The molecule has 1 aliphatic rings. The van der Waals surface area contributed by atoms with Crippen LogP contribution in [0.1, 0.15) is 58.1 Å². The van der Waals surface area contributed by atoms with E-state index >= 15 is 0 Å². The number of unbranched alkanes of at least 4 members (excludes halogenated alkanes) is 4. The summed E-state index contributed by atoms with van der Waals surface area (Å²) < 4.78 is 11.2. The lowest BCUT2D eigenvalue weighted by atomic mass is 10.1. The monoisotopic (exact) mass is 363 g/mol. The van der Waals surface area contributed by atoms with Crippen molar-refractivity contribution in [3.63, 3.8) is 0 Å². The molecule has 7 nitrogen and oxygen atoms in total. The van der Waals surface area contributed by atoms with Crippen LogP contribution in [0.2, 0.25) is 0 Å². The molecule has 0 saturated carbocycles. The van der Waals surface area contributed by atoms with Crippen molar-refractivity contribution in [1.82, 2.24) is 10.2 Å². The molecule has 1 atom stereocenters. The Labute approximate surface area is 154 Å². The fraction of sp³-hybridized carbons (Fsp3) is 0.632. The molecule has 0 amide bonds. The number of H-pyrrole nitrogens is 1. The highest BCUT2D eigenvalue weighted by molar-refractivity contribution is 5.77. The van der Waals surface area contributed by atoms with Crippen LogP contribution >= 0.6 is 0 Å². The number of ether oxygens (including phenoxy) is 2. The number of aliphatic carboxylic acids is 1. The Hall–Kier alpha value is -1.99. The lowest BCUT2D eigenvalue weighted by Gasteiger charge is -2.19. The second kappa shape index (κ2) is 10.2. The van der Waals surface area contributed by atoms with E-state index in [1.165, 1.54) is 0 Å². The van der Waals surface area contributed by atoms with Gasteiger partial charge in [-0.15, -0.1) is 0 Å². The van der Waals surface area contributed by atoms with Crippen LogP contribution in [0.5, 0.6) is 0 Å². The zero-order valence-corrected chi connectivity index (χ0v) is 15.6. The van der Waals surface area contributed by atoms with E-state index in [2.05, 4.69) is 21.3 Å². The summed E-state index contributed by atoms with van der Waals surface area (Å²) in [6.45, 7) is 4.37. The van der Waals surface area contributed by atoms with E-state index in [4.69, 9.17) is 14.6 Å². The third-order valence-electron chi connectivity index (χ3n) is 4.30. The summed E-state index contributed by atoms with van der Waals surface area (Å²) in [5.41, 5.74) is 0.743. The van der Waals surface area contributed by atoms with Gasteiger partial charge in [0.2, 0.25) is 0 Å². The number of aromatic amines is 1. The van der Waals surface area contributed by atoms with Crippen molar-refractivity contribution < 1.29 is 19.4 Å². The van der Waals surface area contributed by atoms with E-state index in [9.17, 15) is 4.79 Å².